The van der Waals surface area contributed by atoms with Crippen LogP contribution in [0.15, 0.2) is 18.2 Å². The summed E-state index contributed by atoms with van der Waals surface area (Å²) in [6.45, 7) is 0. The molecule has 0 bridgehead atoms. The van der Waals surface area contributed by atoms with Crippen molar-refractivity contribution in [2.45, 2.75) is 25.4 Å². The van der Waals surface area contributed by atoms with E-state index in [0.29, 0.717) is 12.8 Å². The third-order valence-electron chi connectivity index (χ3n) is 3.40. The fourth-order valence-electron chi connectivity index (χ4n) is 1.96. The Morgan fingerprint density at radius 2 is 2.05 bits per heavy atom. The van der Waals surface area contributed by atoms with Gasteiger partial charge < -0.3 is 5.32 Å². The predicted octanol–water partition coefficient (Wildman–Crippen LogP) is 3.99. The molecule has 1 aromatic rings. The van der Waals surface area contributed by atoms with Crippen LogP contribution in [0.3, 0.4) is 0 Å². The summed E-state index contributed by atoms with van der Waals surface area (Å²) in [4.78, 5) is 12.0. The summed E-state index contributed by atoms with van der Waals surface area (Å²) in [5, 5.41) is 11.3. The lowest BCUT2D eigenvalue weighted by molar-refractivity contribution is -0.137. The molecule has 1 fully saturated rings. The van der Waals surface area contributed by atoms with Gasteiger partial charge in [-0.15, -0.1) is 0 Å². The van der Waals surface area contributed by atoms with Crippen molar-refractivity contribution < 1.29 is 18.0 Å². The maximum absolute atomic E-state index is 12.6. The molecule has 0 radical (unpaired) electrons. The maximum Gasteiger partial charge on any atom is 0.416 e. The van der Waals surface area contributed by atoms with E-state index in [0.717, 1.165) is 24.6 Å². The second-order valence-corrected chi connectivity index (χ2v) is 5.10. The molecule has 1 aromatic carbocycles. The van der Waals surface area contributed by atoms with Gasteiger partial charge in [0.1, 0.15) is 5.41 Å². The standard InChI is InChI=1S/C13H10ClF3N2O/c14-9-3-2-8(13(15,16)17)6-10(9)19-11(20)12(7-18)4-1-5-12/h2-3,6H,1,4-5H2,(H,19,20). The van der Waals surface area contributed by atoms with Crippen LogP contribution >= 0.6 is 11.6 Å². The smallest absolute Gasteiger partial charge is 0.323 e. The first-order chi connectivity index (χ1) is 9.28. The fourth-order valence-corrected chi connectivity index (χ4v) is 2.12. The molecule has 1 saturated carbocycles. The Kier molecular flexibility index (Phi) is 3.65. The Labute approximate surface area is 118 Å². The number of rotatable bonds is 2. The van der Waals surface area contributed by atoms with Gasteiger partial charge in [-0.2, -0.15) is 18.4 Å². The molecular formula is C13H10ClF3N2O. The van der Waals surface area contributed by atoms with Crippen LogP contribution in [0.5, 0.6) is 0 Å². The molecule has 0 saturated heterocycles. The maximum atomic E-state index is 12.6. The second kappa shape index (κ2) is 4.98. The number of benzene rings is 1. The van der Waals surface area contributed by atoms with E-state index in [9.17, 15) is 18.0 Å². The van der Waals surface area contributed by atoms with E-state index in [4.69, 9.17) is 16.9 Å². The molecule has 2 rings (SSSR count). The van der Waals surface area contributed by atoms with Crippen LogP contribution in [0.1, 0.15) is 24.8 Å². The SMILES string of the molecule is N#CC1(C(=O)Nc2cc(C(F)(F)F)ccc2Cl)CCC1. The van der Waals surface area contributed by atoms with Crippen molar-refractivity contribution in [1.29, 1.82) is 5.26 Å². The second-order valence-electron chi connectivity index (χ2n) is 4.69. The van der Waals surface area contributed by atoms with Gasteiger partial charge in [-0.1, -0.05) is 11.6 Å². The van der Waals surface area contributed by atoms with Gasteiger partial charge >= 0.3 is 6.18 Å². The highest BCUT2D eigenvalue weighted by atomic mass is 35.5. The highest BCUT2D eigenvalue weighted by Crippen LogP contribution is 2.42. The monoisotopic (exact) mass is 302 g/mol. The Morgan fingerprint density at radius 1 is 1.40 bits per heavy atom. The number of nitrogens with one attached hydrogen (secondary N) is 1. The van der Waals surface area contributed by atoms with Crippen molar-refractivity contribution in [2.75, 3.05) is 5.32 Å². The lowest BCUT2D eigenvalue weighted by atomic mass is 9.69. The molecule has 1 aliphatic carbocycles. The lowest BCUT2D eigenvalue weighted by Gasteiger charge is -2.33. The summed E-state index contributed by atoms with van der Waals surface area (Å²) in [6.07, 6.45) is -2.96. The number of amides is 1. The summed E-state index contributed by atoms with van der Waals surface area (Å²) in [7, 11) is 0. The Morgan fingerprint density at radius 3 is 2.50 bits per heavy atom. The molecule has 106 valence electrons. The lowest BCUT2D eigenvalue weighted by Crippen LogP contribution is -2.40. The van der Waals surface area contributed by atoms with Crippen molar-refractivity contribution >= 4 is 23.2 Å². The number of hydrogen-bond donors (Lipinski definition) is 1. The van der Waals surface area contributed by atoms with Crippen molar-refractivity contribution in [3.05, 3.63) is 28.8 Å². The number of carbonyl (C=O) groups excluding carboxylic acids is 1. The third-order valence-corrected chi connectivity index (χ3v) is 3.73. The minimum absolute atomic E-state index is 0.00115. The van der Waals surface area contributed by atoms with E-state index in [-0.39, 0.29) is 10.7 Å². The molecule has 0 spiro atoms. The van der Waals surface area contributed by atoms with E-state index >= 15 is 0 Å². The fraction of sp³-hybridized carbons (Fsp3) is 0.385. The van der Waals surface area contributed by atoms with Gasteiger partial charge in [-0.25, -0.2) is 0 Å². The highest BCUT2D eigenvalue weighted by Gasteiger charge is 2.45. The van der Waals surface area contributed by atoms with Crippen LogP contribution in [-0.2, 0) is 11.0 Å². The first-order valence-electron chi connectivity index (χ1n) is 5.88. The Hall–Kier alpha value is -1.74. The third kappa shape index (κ3) is 2.59. The molecule has 0 aliphatic heterocycles. The zero-order valence-electron chi connectivity index (χ0n) is 10.2. The number of alkyl halides is 3. The summed E-state index contributed by atoms with van der Waals surface area (Å²) >= 11 is 5.78. The zero-order chi connectivity index (χ0) is 15.0. The van der Waals surface area contributed by atoms with E-state index in [2.05, 4.69) is 5.32 Å². The van der Waals surface area contributed by atoms with E-state index in [1.807, 2.05) is 6.07 Å². The number of halogens is 4. The molecule has 3 nitrogen and oxygen atoms in total. The number of carbonyl (C=O) groups is 1. The first-order valence-corrected chi connectivity index (χ1v) is 6.26. The van der Waals surface area contributed by atoms with E-state index in [1.54, 1.807) is 0 Å². The Balaban J connectivity index is 2.26. The van der Waals surface area contributed by atoms with Crippen molar-refractivity contribution in [3.8, 4) is 6.07 Å². The Bertz CT molecular complexity index is 588. The molecule has 0 unspecified atom stereocenters. The number of hydrogen-bond acceptors (Lipinski definition) is 2. The van der Waals surface area contributed by atoms with Crippen molar-refractivity contribution in [2.24, 2.45) is 5.41 Å². The summed E-state index contributed by atoms with van der Waals surface area (Å²) < 4.78 is 37.8. The van der Waals surface area contributed by atoms with Gasteiger partial charge in [-0.05, 0) is 37.5 Å². The highest BCUT2D eigenvalue weighted by molar-refractivity contribution is 6.33. The van der Waals surface area contributed by atoms with Crippen LogP contribution in [-0.4, -0.2) is 5.91 Å². The first kappa shape index (κ1) is 14.7. The molecule has 0 aromatic heterocycles. The van der Waals surface area contributed by atoms with Crippen LogP contribution in [0.4, 0.5) is 18.9 Å². The van der Waals surface area contributed by atoms with Gasteiger partial charge in [0.25, 0.3) is 0 Å². The summed E-state index contributed by atoms with van der Waals surface area (Å²) in [6, 6.07) is 4.59. The quantitative estimate of drug-likeness (QED) is 0.898. The molecule has 1 aliphatic rings. The van der Waals surface area contributed by atoms with Gasteiger partial charge in [0.2, 0.25) is 5.91 Å². The summed E-state index contributed by atoms with van der Waals surface area (Å²) in [5.74, 6) is -0.604. The van der Waals surface area contributed by atoms with Gasteiger partial charge in [0, 0.05) is 0 Å². The van der Waals surface area contributed by atoms with Crippen molar-refractivity contribution in [3.63, 3.8) is 0 Å². The molecule has 1 amide bonds. The average Bonchev–Trinajstić information content (AvgIpc) is 2.29. The molecule has 7 heteroatoms. The molecule has 0 heterocycles. The van der Waals surface area contributed by atoms with Gasteiger partial charge in [0.15, 0.2) is 0 Å². The van der Waals surface area contributed by atoms with Gasteiger partial charge in [0.05, 0.1) is 22.3 Å². The minimum Gasteiger partial charge on any atom is -0.323 e. The van der Waals surface area contributed by atoms with Crippen LogP contribution in [0.2, 0.25) is 5.02 Å². The van der Waals surface area contributed by atoms with E-state index < -0.39 is 23.1 Å². The summed E-state index contributed by atoms with van der Waals surface area (Å²) in [5.41, 5.74) is -2.18. The van der Waals surface area contributed by atoms with Crippen LogP contribution < -0.4 is 5.32 Å². The minimum atomic E-state index is -4.52. The largest absolute Gasteiger partial charge is 0.416 e. The number of nitriles is 1. The zero-order valence-corrected chi connectivity index (χ0v) is 11.0. The molecule has 1 N–H and O–H groups in total. The molecule has 20 heavy (non-hydrogen) atoms. The van der Waals surface area contributed by atoms with E-state index in [1.165, 1.54) is 0 Å². The van der Waals surface area contributed by atoms with Crippen molar-refractivity contribution in [1.82, 2.24) is 0 Å². The molecule has 0 atom stereocenters. The van der Waals surface area contributed by atoms with Crippen LogP contribution in [0, 0.1) is 16.7 Å². The molecular weight excluding hydrogens is 293 g/mol. The number of anilines is 1. The van der Waals surface area contributed by atoms with Crippen LogP contribution in [0.25, 0.3) is 0 Å². The predicted molar refractivity (Wildman–Crippen MR) is 67.0 cm³/mol. The average molecular weight is 303 g/mol. The number of nitrogens with zero attached hydrogens (tertiary/aromatic N) is 1. The topological polar surface area (TPSA) is 52.9 Å². The normalized spacial score (nSPS) is 16.9. The van der Waals surface area contributed by atoms with Gasteiger partial charge in [-0.3, -0.25) is 4.79 Å².